The molecule has 2 rings (SSSR count). The van der Waals surface area contributed by atoms with E-state index in [0.29, 0.717) is 0 Å². The highest BCUT2D eigenvalue weighted by Gasteiger charge is 2.38. The molecule has 114 valence electrons. The maximum atomic E-state index is 12.9. The molecule has 1 aromatic carbocycles. The van der Waals surface area contributed by atoms with Gasteiger partial charge in [-0.25, -0.2) is 0 Å². The van der Waals surface area contributed by atoms with Crippen molar-refractivity contribution in [2.75, 3.05) is 14.1 Å². The van der Waals surface area contributed by atoms with Gasteiger partial charge < -0.3 is 9.64 Å². The predicted octanol–water partition coefficient (Wildman–Crippen LogP) is 3.91. The molecule has 21 heavy (non-hydrogen) atoms. The van der Waals surface area contributed by atoms with Crippen LogP contribution < -0.4 is 0 Å². The zero-order valence-corrected chi connectivity index (χ0v) is 13.3. The lowest BCUT2D eigenvalue weighted by Gasteiger charge is -2.16. The second-order valence-electron chi connectivity index (χ2n) is 4.57. The molecule has 1 aromatic rings. The Kier molecular flexibility index (Phi) is 4.26. The monoisotopic (exact) mass is 383 g/mol. The summed E-state index contributed by atoms with van der Waals surface area (Å²) in [4.78, 5) is 13.6. The minimum Gasteiger partial charge on any atom is -0.455 e. The van der Waals surface area contributed by atoms with Crippen molar-refractivity contribution in [3.05, 3.63) is 40.2 Å². The average Bonchev–Trinajstić information content (AvgIpc) is 2.66. The Morgan fingerprint density at radius 1 is 1.33 bits per heavy atom. The minimum absolute atomic E-state index is 0.0871. The van der Waals surface area contributed by atoms with Gasteiger partial charge in [0.15, 0.2) is 0 Å². The molecule has 0 N–H and O–H groups in total. The fourth-order valence-electron chi connectivity index (χ4n) is 1.92. The zero-order chi connectivity index (χ0) is 15.9. The first-order chi connectivity index (χ1) is 9.62. The van der Waals surface area contributed by atoms with Gasteiger partial charge >= 0.3 is 6.18 Å². The van der Waals surface area contributed by atoms with Crippen molar-refractivity contribution in [1.82, 2.24) is 4.90 Å². The second kappa shape index (κ2) is 5.53. The van der Waals surface area contributed by atoms with Crippen LogP contribution in [0.5, 0.6) is 0 Å². The van der Waals surface area contributed by atoms with E-state index < -0.39 is 27.6 Å². The van der Waals surface area contributed by atoms with Crippen LogP contribution in [0.1, 0.15) is 11.1 Å². The molecule has 0 saturated heterocycles. The minimum atomic E-state index is -4.59. The van der Waals surface area contributed by atoms with Gasteiger partial charge in [-0.1, -0.05) is 17.7 Å². The number of ether oxygens (including phenoxy) is 1. The van der Waals surface area contributed by atoms with Gasteiger partial charge in [0.25, 0.3) is 0 Å². The number of carbonyl (C=O) groups is 1. The Morgan fingerprint density at radius 3 is 2.48 bits per heavy atom. The van der Waals surface area contributed by atoms with Crippen LogP contribution in [0.2, 0.25) is 5.02 Å². The first-order valence-electron chi connectivity index (χ1n) is 5.76. The summed E-state index contributed by atoms with van der Waals surface area (Å²) in [6.07, 6.45) is -4.59. The Morgan fingerprint density at radius 2 is 1.95 bits per heavy atom. The van der Waals surface area contributed by atoms with Crippen molar-refractivity contribution in [2.45, 2.75) is 11.2 Å². The highest BCUT2D eigenvalue weighted by Crippen LogP contribution is 2.39. The number of ketones is 1. The predicted molar refractivity (Wildman–Crippen MR) is 75.9 cm³/mol. The number of Topliss-reactive ketones (excluding diaryl/α,β-unsaturated/α-hetero) is 1. The molecule has 0 saturated carbocycles. The second-order valence-corrected chi connectivity index (χ2v) is 5.80. The Bertz CT molecular complexity index is 628. The third-order valence-electron chi connectivity index (χ3n) is 2.85. The number of carbonyl (C=O) groups excluding carboxylic acids is 1. The summed E-state index contributed by atoms with van der Waals surface area (Å²) in [5.41, 5.74) is -0.787. The molecule has 0 aromatic heterocycles. The lowest BCUT2D eigenvalue weighted by molar-refractivity contribution is -0.137. The number of alkyl halides is 4. The highest BCUT2D eigenvalue weighted by atomic mass is 79.9. The fourth-order valence-corrected chi connectivity index (χ4v) is 2.55. The van der Waals surface area contributed by atoms with E-state index in [-0.39, 0.29) is 17.0 Å². The van der Waals surface area contributed by atoms with Crippen LogP contribution >= 0.6 is 27.5 Å². The van der Waals surface area contributed by atoms with Gasteiger partial charge in [0.05, 0.1) is 16.2 Å². The summed E-state index contributed by atoms with van der Waals surface area (Å²) in [5, 5.41) is -1.32. The number of hydrogen-bond acceptors (Lipinski definition) is 3. The van der Waals surface area contributed by atoms with Crippen molar-refractivity contribution in [2.24, 2.45) is 0 Å². The van der Waals surface area contributed by atoms with Crippen LogP contribution in [0.25, 0.3) is 5.57 Å². The van der Waals surface area contributed by atoms with Gasteiger partial charge in [-0.15, -0.1) is 0 Å². The van der Waals surface area contributed by atoms with E-state index in [1.165, 1.54) is 11.0 Å². The Balaban J connectivity index is 2.61. The van der Waals surface area contributed by atoms with E-state index in [4.69, 9.17) is 16.3 Å². The number of benzene rings is 1. The molecule has 1 heterocycles. The quantitative estimate of drug-likeness (QED) is 0.724. The highest BCUT2D eigenvalue weighted by molar-refractivity contribution is 9.09. The SMILES string of the molecule is CN(C)C1=C(c2ccc(Cl)c(C(F)(F)F)c2)C(=O)C(Br)O1. The maximum absolute atomic E-state index is 12.9. The van der Waals surface area contributed by atoms with Gasteiger partial charge in [0.2, 0.25) is 16.7 Å². The van der Waals surface area contributed by atoms with Crippen LogP contribution in [-0.2, 0) is 15.7 Å². The van der Waals surface area contributed by atoms with E-state index in [2.05, 4.69) is 15.9 Å². The number of nitrogens with zero attached hydrogens (tertiary/aromatic N) is 1. The maximum Gasteiger partial charge on any atom is 0.417 e. The molecule has 0 amide bonds. The topological polar surface area (TPSA) is 29.5 Å². The third-order valence-corrected chi connectivity index (χ3v) is 3.78. The number of hydrogen-bond donors (Lipinski definition) is 0. The van der Waals surface area contributed by atoms with Crippen LogP contribution in [0.15, 0.2) is 24.1 Å². The fraction of sp³-hybridized carbons (Fsp3) is 0.308. The molecule has 0 aliphatic carbocycles. The van der Waals surface area contributed by atoms with Crippen molar-refractivity contribution in [1.29, 1.82) is 0 Å². The normalized spacial score (nSPS) is 19.0. The van der Waals surface area contributed by atoms with Crippen LogP contribution in [0, 0.1) is 0 Å². The molecule has 0 spiro atoms. The van der Waals surface area contributed by atoms with Gasteiger partial charge in [0.1, 0.15) is 0 Å². The molecule has 8 heteroatoms. The first-order valence-corrected chi connectivity index (χ1v) is 7.06. The van der Waals surface area contributed by atoms with Crippen molar-refractivity contribution in [3.63, 3.8) is 0 Å². The summed E-state index contributed by atoms with van der Waals surface area (Å²) in [7, 11) is 3.27. The molecule has 1 unspecified atom stereocenters. The lowest BCUT2D eigenvalue weighted by atomic mass is 10.0. The average molecular weight is 385 g/mol. The zero-order valence-electron chi connectivity index (χ0n) is 11.0. The van der Waals surface area contributed by atoms with Crippen LogP contribution in [-0.4, -0.2) is 29.8 Å². The third kappa shape index (κ3) is 3.03. The van der Waals surface area contributed by atoms with Crippen molar-refractivity contribution >= 4 is 38.9 Å². The van der Waals surface area contributed by atoms with Crippen molar-refractivity contribution in [3.8, 4) is 0 Å². The van der Waals surface area contributed by atoms with E-state index in [9.17, 15) is 18.0 Å². The Labute approximate surface area is 132 Å². The van der Waals surface area contributed by atoms with E-state index in [0.717, 1.165) is 12.1 Å². The molecule has 1 aliphatic rings. The standard InChI is InChI=1S/C13H10BrClF3NO2/c1-19(2)12-9(10(20)11(14)21-12)6-3-4-8(15)7(5-6)13(16,17)18/h3-5,11H,1-2H3. The number of halogens is 5. The largest absolute Gasteiger partial charge is 0.455 e. The molecule has 1 atom stereocenters. The van der Waals surface area contributed by atoms with E-state index in [1.807, 2.05) is 0 Å². The molecule has 1 aliphatic heterocycles. The summed E-state index contributed by atoms with van der Waals surface area (Å²) >= 11 is 8.61. The van der Waals surface area contributed by atoms with Gasteiger partial charge in [0, 0.05) is 14.1 Å². The van der Waals surface area contributed by atoms with E-state index in [1.54, 1.807) is 14.1 Å². The van der Waals surface area contributed by atoms with Crippen LogP contribution in [0.4, 0.5) is 13.2 Å². The molecular formula is C13H10BrClF3NO2. The smallest absolute Gasteiger partial charge is 0.417 e. The van der Waals surface area contributed by atoms with Gasteiger partial charge in [-0.2, -0.15) is 13.2 Å². The van der Waals surface area contributed by atoms with Crippen molar-refractivity contribution < 1.29 is 22.7 Å². The summed E-state index contributed by atoms with van der Waals surface area (Å²) in [6.45, 7) is 0. The molecule has 0 bridgehead atoms. The van der Waals surface area contributed by atoms with Gasteiger partial charge in [-0.3, -0.25) is 4.79 Å². The molecule has 3 nitrogen and oxygen atoms in total. The Hall–Kier alpha value is -1.21. The number of rotatable bonds is 2. The summed E-state index contributed by atoms with van der Waals surface area (Å²) < 4.78 is 44.0. The molecule has 0 fully saturated rings. The molecular weight excluding hydrogens is 374 g/mol. The van der Waals surface area contributed by atoms with Crippen LogP contribution in [0.3, 0.4) is 0 Å². The lowest BCUT2D eigenvalue weighted by Crippen LogP contribution is -2.13. The molecule has 0 radical (unpaired) electrons. The first kappa shape index (κ1) is 16.2. The summed E-state index contributed by atoms with van der Waals surface area (Å²) in [5.74, 6) is -0.230. The van der Waals surface area contributed by atoms with E-state index >= 15 is 0 Å². The summed E-state index contributed by atoms with van der Waals surface area (Å²) in [6, 6.07) is 3.34. The van der Waals surface area contributed by atoms with Gasteiger partial charge in [-0.05, 0) is 33.6 Å².